The van der Waals surface area contributed by atoms with Gasteiger partial charge in [0.15, 0.2) is 5.78 Å². The van der Waals surface area contributed by atoms with Crippen molar-refractivity contribution in [2.24, 2.45) is 0 Å². The lowest BCUT2D eigenvalue weighted by molar-refractivity contribution is -0.137. The fraction of sp³-hybridized carbons (Fsp3) is 0.0667. The molecule has 2 aromatic rings. The number of ketones is 1. The molecule has 8 heteroatoms. The minimum atomic E-state index is -4.52. The van der Waals surface area contributed by atoms with Crippen molar-refractivity contribution < 1.29 is 22.4 Å². The average Bonchev–Trinajstić information content (AvgIpc) is 2.48. The van der Waals surface area contributed by atoms with E-state index in [9.17, 15) is 22.4 Å². The van der Waals surface area contributed by atoms with Crippen LogP contribution in [0.3, 0.4) is 0 Å². The van der Waals surface area contributed by atoms with Crippen molar-refractivity contribution in [2.75, 3.05) is 0 Å². The number of allylic oxidation sites excluding steroid dienone is 1. The molecule has 0 amide bonds. The van der Waals surface area contributed by atoms with E-state index in [1.165, 1.54) is 23.6 Å². The number of alkyl halides is 3. The maximum absolute atomic E-state index is 12.7. The van der Waals surface area contributed by atoms with Crippen LogP contribution in [0.4, 0.5) is 17.6 Å². The van der Waals surface area contributed by atoms with Crippen LogP contribution in [0.5, 0.6) is 0 Å². The Hall–Kier alpha value is -1.86. The summed E-state index contributed by atoms with van der Waals surface area (Å²) in [5, 5.41) is 1.33. The van der Waals surface area contributed by atoms with Gasteiger partial charge in [-0.2, -0.15) is 13.2 Å². The molecule has 0 spiro atoms. The van der Waals surface area contributed by atoms with Gasteiger partial charge in [-0.15, -0.1) is 0 Å². The molecule has 1 heterocycles. The van der Waals surface area contributed by atoms with Gasteiger partial charge in [0.2, 0.25) is 0 Å². The zero-order valence-corrected chi connectivity index (χ0v) is 12.8. The number of carbonyl (C=O) groups is 1. The number of carbonyl (C=O) groups excluding carboxylic acids is 1. The third-order valence-electron chi connectivity index (χ3n) is 2.66. The first-order chi connectivity index (χ1) is 10.8. The molecule has 23 heavy (non-hydrogen) atoms. The highest BCUT2D eigenvalue weighted by molar-refractivity contribution is 8.02. The molecule has 0 aliphatic rings. The molecule has 2 rings (SSSR count). The van der Waals surface area contributed by atoms with E-state index in [1.807, 2.05) is 0 Å². The van der Waals surface area contributed by atoms with Gasteiger partial charge in [0.1, 0.15) is 10.8 Å². The number of aromatic nitrogens is 1. The Balaban J connectivity index is 2.05. The maximum Gasteiger partial charge on any atom is 0.417 e. The van der Waals surface area contributed by atoms with Crippen LogP contribution < -0.4 is 0 Å². The van der Waals surface area contributed by atoms with E-state index in [0.29, 0.717) is 6.20 Å². The first kappa shape index (κ1) is 17.5. The number of rotatable bonds is 4. The summed E-state index contributed by atoms with van der Waals surface area (Å²) in [4.78, 5) is 15.4. The highest BCUT2D eigenvalue weighted by Crippen LogP contribution is 2.33. The van der Waals surface area contributed by atoms with Crippen molar-refractivity contribution in [3.05, 3.63) is 70.0 Å². The van der Waals surface area contributed by atoms with Gasteiger partial charge >= 0.3 is 6.18 Å². The molecule has 0 radical (unpaired) electrons. The summed E-state index contributed by atoms with van der Waals surface area (Å²) < 4.78 is 50.2. The second kappa shape index (κ2) is 7.14. The number of hydrogen-bond acceptors (Lipinski definition) is 3. The van der Waals surface area contributed by atoms with Crippen LogP contribution in [-0.2, 0) is 6.18 Å². The van der Waals surface area contributed by atoms with Crippen molar-refractivity contribution in [1.29, 1.82) is 0 Å². The molecule has 1 aromatic heterocycles. The Morgan fingerprint density at radius 3 is 2.43 bits per heavy atom. The van der Waals surface area contributed by atoms with E-state index in [4.69, 9.17) is 11.6 Å². The zero-order chi connectivity index (χ0) is 17.0. The lowest BCUT2D eigenvalue weighted by atomic mass is 10.1. The van der Waals surface area contributed by atoms with Gasteiger partial charge < -0.3 is 0 Å². The molecular formula is C15H8ClF4NOS. The largest absolute Gasteiger partial charge is 0.417 e. The number of nitrogens with zero attached hydrogens (tertiary/aromatic N) is 1. The van der Waals surface area contributed by atoms with Gasteiger partial charge in [0.25, 0.3) is 0 Å². The quantitative estimate of drug-likeness (QED) is 0.317. The van der Waals surface area contributed by atoms with Crippen LogP contribution in [0.25, 0.3) is 0 Å². The minimum Gasteiger partial charge on any atom is -0.289 e. The fourth-order valence-corrected chi connectivity index (χ4v) is 2.44. The summed E-state index contributed by atoms with van der Waals surface area (Å²) in [6.45, 7) is 0. The van der Waals surface area contributed by atoms with Gasteiger partial charge in [0, 0.05) is 11.8 Å². The maximum atomic E-state index is 12.7. The van der Waals surface area contributed by atoms with E-state index < -0.39 is 17.6 Å². The molecular weight excluding hydrogens is 354 g/mol. The van der Waals surface area contributed by atoms with E-state index >= 15 is 0 Å². The molecule has 0 fully saturated rings. The third kappa shape index (κ3) is 4.80. The molecule has 0 unspecified atom stereocenters. The first-order valence-electron chi connectivity index (χ1n) is 6.13. The van der Waals surface area contributed by atoms with Crippen molar-refractivity contribution in [2.45, 2.75) is 11.2 Å². The van der Waals surface area contributed by atoms with Gasteiger partial charge in [0.05, 0.1) is 10.6 Å². The van der Waals surface area contributed by atoms with E-state index in [-0.39, 0.29) is 21.4 Å². The normalized spacial score (nSPS) is 11.9. The monoisotopic (exact) mass is 361 g/mol. The van der Waals surface area contributed by atoms with Crippen LogP contribution in [0, 0.1) is 5.82 Å². The molecule has 0 bridgehead atoms. The SMILES string of the molecule is O=C(/C=C/Sc1ncc(C(F)(F)F)cc1Cl)c1ccc(F)cc1. The van der Waals surface area contributed by atoms with Crippen LogP contribution in [0.1, 0.15) is 15.9 Å². The van der Waals surface area contributed by atoms with Crippen LogP contribution in [-0.4, -0.2) is 10.8 Å². The van der Waals surface area contributed by atoms with Crippen molar-refractivity contribution in [3.63, 3.8) is 0 Å². The Kier molecular flexibility index (Phi) is 5.43. The molecule has 2 nitrogen and oxygen atoms in total. The molecule has 0 saturated carbocycles. The van der Waals surface area contributed by atoms with Gasteiger partial charge in [-0.25, -0.2) is 9.37 Å². The van der Waals surface area contributed by atoms with Crippen molar-refractivity contribution >= 4 is 29.1 Å². The molecule has 0 N–H and O–H groups in total. The summed E-state index contributed by atoms with van der Waals surface area (Å²) >= 11 is 6.65. The third-order valence-corrected chi connectivity index (χ3v) is 3.88. The standard InChI is InChI=1S/C15H8ClF4NOS/c16-12-7-10(15(18,19)20)8-21-14(12)23-6-5-13(22)9-1-3-11(17)4-2-9/h1-8H/b6-5+. The van der Waals surface area contributed by atoms with E-state index in [1.54, 1.807) is 0 Å². The summed E-state index contributed by atoms with van der Waals surface area (Å²) in [5.41, 5.74) is -0.659. The minimum absolute atomic E-state index is 0.142. The highest BCUT2D eigenvalue weighted by Gasteiger charge is 2.31. The van der Waals surface area contributed by atoms with Gasteiger partial charge in [-0.1, -0.05) is 23.4 Å². The predicted octanol–water partition coefficient (Wildman–Crippen LogP) is 5.38. The van der Waals surface area contributed by atoms with Gasteiger partial charge in [-0.05, 0) is 41.8 Å². The van der Waals surface area contributed by atoms with E-state index in [0.717, 1.165) is 30.0 Å². The molecule has 1 aromatic carbocycles. The van der Waals surface area contributed by atoms with Crippen LogP contribution in [0.2, 0.25) is 5.02 Å². The smallest absolute Gasteiger partial charge is 0.289 e. The molecule has 0 atom stereocenters. The summed E-state index contributed by atoms with van der Waals surface area (Å²) in [6, 6.07) is 5.74. The number of thioether (sulfide) groups is 1. The first-order valence-corrected chi connectivity index (χ1v) is 7.39. The number of pyridine rings is 1. The lowest BCUT2D eigenvalue weighted by Gasteiger charge is -2.07. The predicted molar refractivity (Wildman–Crippen MR) is 80.0 cm³/mol. The van der Waals surface area contributed by atoms with Crippen molar-refractivity contribution in [1.82, 2.24) is 4.98 Å². The number of halogens is 5. The molecule has 0 saturated heterocycles. The average molecular weight is 362 g/mol. The zero-order valence-electron chi connectivity index (χ0n) is 11.3. The summed E-state index contributed by atoms with van der Waals surface area (Å²) in [7, 11) is 0. The lowest BCUT2D eigenvalue weighted by Crippen LogP contribution is -2.05. The number of hydrogen-bond donors (Lipinski definition) is 0. The number of benzene rings is 1. The van der Waals surface area contributed by atoms with Gasteiger partial charge in [-0.3, -0.25) is 4.79 Å². The van der Waals surface area contributed by atoms with E-state index in [2.05, 4.69) is 4.98 Å². The Labute approximate surface area is 138 Å². The second-order valence-corrected chi connectivity index (χ2v) is 5.60. The van der Waals surface area contributed by atoms with Crippen LogP contribution >= 0.6 is 23.4 Å². The summed E-state index contributed by atoms with van der Waals surface area (Å²) in [6.07, 6.45) is -2.65. The van der Waals surface area contributed by atoms with Crippen LogP contribution in [0.15, 0.2) is 53.0 Å². The Morgan fingerprint density at radius 1 is 1.22 bits per heavy atom. The Morgan fingerprint density at radius 2 is 1.87 bits per heavy atom. The fourth-order valence-electron chi connectivity index (χ4n) is 1.54. The Bertz CT molecular complexity index is 744. The summed E-state index contributed by atoms with van der Waals surface area (Å²) in [5.74, 6) is -0.832. The second-order valence-electron chi connectivity index (χ2n) is 4.30. The van der Waals surface area contributed by atoms with Crippen molar-refractivity contribution in [3.8, 4) is 0 Å². The molecule has 0 aliphatic heterocycles. The highest BCUT2D eigenvalue weighted by atomic mass is 35.5. The topological polar surface area (TPSA) is 30.0 Å². The molecule has 0 aliphatic carbocycles. The molecule has 120 valence electrons.